The molecule has 1 aromatic carbocycles. The first-order valence-electron chi connectivity index (χ1n) is 5.04. The van der Waals surface area contributed by atoms with Gasteiger partial charge in [0.1, 0.15) is 0 Å². The maximum Gasteiger partial charge on any atom is 0.418 e. The van der Waals surface area contributed by atoms with Crippen molar-refractivity contribution >= 4 is 5.69 Å². The highest BCUT2D eigenvalue weighted by Gasteiger charge is 2.33. The molecule has 0 aliphatic heterocycles. The molecule has 2 nitrogen and oxygen atoms in total. The van der Waals surface area contributed by atoms with Gasteiger partial charge in [-0.1, -0.05) is 12.1 Å². The standard InChI is InChI=1S/C11H15F3N2/c1-16(8-4-7-15)10-6-3-2-5-9(10)11(12,13)14/h2-3,5-6H,4,7-8,15H2,1H3. The Kier molecular flexibility index (Phi) is 4.18. The van der Waals surface area contributed by atoms with Gasteiger partial charge in [0.05, 0.1) is 5.56 Å². The van der Waals surface area contributed by atoms with Gasteiger partial charge in [-0.2, -0.15) is 13.2 Å². The minimum Gasteiger partial charge on any atom is -0.374 e. The van der Waals surface area contributed by atoms with E-state index in [2.05, 4.69) is 0 Å². The van der Waals surface area contributed by atoms with Gasteiger partial charge in [-0.25, -0.2) is 0 Å². The summed E-state index contributed by atoms with van der Waals surface area (Å²) < 4.78 is 38.0. The second-order valence-electron chi connectivity index (χ2n) is 3.58. The molecule has 0 amide bonds. The summed E-state index contributed by atoms with van der Waals surface area (Å²) in [6, 6.07) is 5.56. The Hall–Kier alpha value is -1.23. The highest BCUT2D eigenvalue weighted by Crippen LogP contribution is 2.35. The van der Waals surface area contributed by atoms with Gasteiger partial charge in [-0.05, 0) is 25.1 Å². The van der Waals surface area contributed by atoms with Crippen LogP contribution in [-0.4, -0.2) is 20.1 Å². The van der Waals surface area contributed by atoms with Crippen LogP contribution >= 0.6 is 0 Å². The molecule has 0 fully saturated rings. The monoisotopic (exact) mass is 232 g/mol. The Morgan fingerprint density at radius 1 is 1.25 bits per heavy atom. The van der Waals surface area contributed by atoms with E-state index in [9.17, 15) is 13.2 Å². The van der Waals surface area contributed by atoms with Crippen molar-refractivity contribution in [2.45, 2.75) is 12.6 Å². The summed E-state index contributed by atoms with van der Waals surface area (Å²) in [5, 5.41) is 0. The number of nitrogens with zero attached hydrogens (tertiary/aromatic N) is 1. The number of anilines is 1. The number of hydrogen-bond donors (Lipinski definition) is 1. The normalized spacial score (nSPS) is 11.6. The van der Waals surface area contributed by atoms with E-state index in [1.807, 2.05) is 0 Å². The molecule has 0 saturated heterocycles. The molecular formula is C11H15F3N2. The van der Waals surface area contributed by atoms with Gasteiger partial charge in [0.2, 0.25) is 0 Å². The third kappa shape index (κ3) is 3.13. The lowest BCUT2D eigenvalue weighted by atomic mass is 10.1. The van der Waals surface area contributed by atoms with Crippen LogP contribution in [0.15, 0.2) is 24.3 Å². The molecule has 0 heterocycles. The van der Waals surface area contributed by atoms with Crippen LogP contribution in [0.25, 0.3) is 0 Å². The van der Waals surface area contributed by atoms with E-state index in [1.54, 1.807) is 18.0 Å². The smallest absolute Gasteiger partial charge is 0.374 e. The van der Waals surface area contributed by atoms with E-state index in [1.165, 1.54) is 12.1 Å². The van der Waals surface area contributed by atoms with Crippen LogP contribution < -0.4 is 10.6 Å². The molecule has 0 aliphatic rings. The van der Waals surface area contributed by atoms with Crippen LogP contribution in [0.1, 0.15) is 12.0 Å². The minimum atomic E-state index is -4.31. The summed E-state index contributed by atoms with van der Waals surface area (Å²) in [6.45, 7) is 0.988. The largest absolute Gasteiger partial charge is 0.418 e. The van der Waals surface area contributed by atoms with Crippen LogP contribution in [0.3, 0.4) is 0 Å². The molecule has 0 aromatic heterocycles. The van der Waals surface area contributed by atoms with E-state index in [0.29, 0.717) is 19.5 Å². The van der Waals surface area contributed by atoms with Crippen molar-refractivity contribution in [1.82, 2.24) is 0 Å². The first kappa shape index (κ1) is 12.8. The predicted molar refractivity (Wildman–Crippen MR) is 58.4 cm³/mol. The SMILES string of the molecule is CN(CCCN)c1ccccc1C(F)(F)F. The maximum atomic E-state index is 12.7. The third-order valence-corrected chi connectivity index (χ3v) is 2.32. The van der Waals surface area contributed by atoms with Gasteiger partial charge in [0.15, 0.2) is 0 Å². The van der Waals surface area contributed by atoms with Crippen molar-refractivity contribution in [3.63, 3.8) is 0 Å². The molecule has 0 saturated carbocycles. The second-order valence-corrected chi connectivity index (χ2v) is 3.58. The zero-order chi connectivity index (χ0) is 12.2. The van der Waals surface area contributed by atoms with Crippen molar-refractivity contribution in [3.8, 4) is 0 Å². The van der Waals surface area contributed by atoms with Crippen LogP contribution in [0.5, 0.6) is 0 Å². The van der Waals surface area contributed by atoms with Crippen molar-refractivity contribution < 1.29 is 13.2 Å². The Labute approximate surface area is 92.9 Å². The molecule has 1 rings (SSSR count). The van der Waals surface area contributed by atoms with Crippen molar-refractivity contribution in [2.24, 2.45) is 5.73 Å². The van der Waals surface area contributed by atoms with Crippen LogP contribution in [0.4, 0.5) is 18.9 Å². The second kappa shape index (κ2) is 5.21. The molecule has 2 N–H and O–H groups in total. The van der Waals surface area contributed by atoms with Gasteiger partial charge in [-0.15, -0.1) is 0 Å². The van der Waals surface area contributed by atoms with Crippen LogP contribution in [0, 0.1) is 0 Å². The van der Waals surface area contributed by atoms with Gasteiger partial charge in [-0.3, -0.25) is 0 Å². The third-order valence-electron chi connectivity index (χ3n) is 2.32. The summed E-state index contributed by atoms with van der Waals surface area (Å²) >= 11 is 0. The van der Waals surface area contributed by atoms with Gasteiger partial charge in [0.25, 0.3) is 0 Å². The summed E-state index contributed by atoms with van der Waals surface area (Å²) in [5.74, 6) is 0. The zero-order valence-electron chi connectivity index (χ0n) is 9.09. The van der Waals surface area contributed by atoms with Gasteiger partial charge >= 0.3 is 6.18 Å². The Bertz CT molecular complexity index is 336. The van der Waals surface area contributed by atoms with Crippen LogP contribution in [0.2, 0.25) is 0 Å². The molecule has 0 radical (unpaired) electrons. The van der Waals surface area contributed by atoms with E-state index >= 15 is 0 Å². The molecule has 0 spiro atoms. The molecule has 16 heavy (non-hydrogen) atoms. The average molecular weight is 232 g/mol. The number of nitrogens with two attached hydrogens (primary N) is 1. The Morgan fingerprint density at radius 2 is 1.88 bits per heavy atom. The predicted octanol–water partition coefficient (Wildman–Crippen LogP) is 2.49. The summed E-state index contributed by atoms with van der Waals surface area (Å²) in [5.41, 5.74) is 4.93. The molecular weight excluding hydrogens is 217 g/mol. The molecule has 0 bridgehead atoms. The first-order valence-corrected chi connectivity index (χ1v) is 5.04. The fraction of sp³-hybridized carbons (Fsp3) is 0.455. The van der Waals surface area contributed by atoms with Crippen molar-refractivity contribution in [2.75, 3.05) is 25.0 Å². The topological polar surface area (TPSA) is 29.3 Å². The number of hydrogen-bond acceptors (Lipinski definition) is 2. The fourth-order valence-electron chi connectivity index (χ4n) is 1.50. The lowest BCUT2D eigenvalue weighted by molar-refractivity contribution is -0.137. The summed E-state index contributed by atoms with van der Waals surface area (Å²) in [6.07, 6.45) is -3.64. The van der Waals surface area contributed by atoms with Gasteiger partial charge < -0.3 is 10.6 Å². The van der Waals surface area contributed by atoms with E-state index in [4.69, 9.17) is 5.73 Å². The highest BCUT2D eigenvalue weighted by atomic mass is 19.4. The molecule has 90 valence electrons. The Morgan fingerprint density at radius 3 is 2.44 bits per heavy atom. The Balaban J connectivity index is 2.94. The highest BCUT2D eigenvalue weighted by molar-refractivity contribution is 5.54. The quantitative estimate of drug-likeness (QED) is 0.864. The van der Waals surface area contributed by atoms with E-state index < -0.39 is 11.7 Å². The number of alkyl halides is 3. The zero-order valence-corrected chi connectivity index (χ0v) is 9.09. The molecule has 1 aromatic rings. The van der Waals surface area contributed by atoms with E-state index in [0.717, 1.165) is 6.07 Å². The molecule has 5 heteroatoms. The summed E-state index contributed by atoms with van der Waals surface area (Å²) in [7, 11) is 1.64. The van der Waals surface area contributed by atoms with Crippen LogP contribution in [-0.2, 0) is 6.18 Å². The number of benzene rings is 1. The lowest BCUT2D eigenvalue weighted by Crippen LogP contribution is -2.24. The van der Waals surface area contributed by atoms with Gasteiger partial charge in [0, 0.05) is 19.3 Å². The molecule has 0 unspecified atom stereocenters. The first-order chi connectivity index (χ1) is 7.46. The summed E-state index contributed by atoms with van der Waals surface area (Å²) in [4.78, 5) is 1.58. The average Bonchev–Trinajstić information content (AvgIpc) is 2.24. The molecule has 0 atom stereocenters. The lowest BCUT2D eigenvalue weighted by Gasteiger charge is -2.23. The minimum absolute atomic E-state index is 0.198. The fourth-order valence-corrected chi connectivity index (χ4v) is 1.50. The molecule has 0 aliphatic carbocycles. The number of rotatable bonds is 4. The number of para-hydroxylation sites is 1. The maximum absolute atomic E-state index is 12.7. The van der Waals surface area contributed by atoms with Crippen molar-refractivity contribution in [1.29, 1.82) is 0 Å². The number of halogens is 3. The van der Waals surface area contributed by atoms with Crippen molar-refractivity contribution in [3.05, 3.63) is 29.8 Å². The van der Waals surface area contributed by atoms with E-state index in [-0.39, 0.29) is 5.69 Å².